The highest BCUT2D eigenvalue weighted by atomic mass is 32.2. The van der Waals surface area contributed by atoms with Crippen molar-refractivity contribution < 1.29 is 13.2 Å². The van der Waals surface area contributed by atoms with Gasteiger partial charge in [0.25, 0.3) is 5.56 Å². The van der Waals surface area contributed by atoms with Gasteiger partial charge in [-0.3, -0.25) is 9.52 Å². The molecule has 7 heteroatoms. The minimum absolute atomic E-state index is 0.127. The number of aryl methyl sites for hydroxylation is 3. The van der Waals surface area contributed by atoms with E-state index in [1.165, 1.54) is 0 Å². The molecule has 0 unspecified atom stereocenters. The lowest BCUT2D eigenvalue weighted by Gasteiger charge is -2.25. The van der Waals surface area contributed by atoms with Gasteiger partial charge in [0.2, 0.25) is 10.0 Å². The number of anilines is 1. The smallest absolute Gasteiger partial charge is 0.255 e. The summed E-state index contributed by atoms with van der Waals surface area (Å²) in [6.45, 7) is 8.27. The van der Waals surface area contributed by atoms with Gasteiger partial charge in [-0.05, 0) is 77.8 Å². The molecule has 2 N–H and O–H groups in total. The number of sulfonamides is 1. The van der Waals surface area contributed by atoms with E-state index in [0.717, 1.165) is 46.2 Å². The van der Waals surface area contributed by atoms with Crippen molar-refractivity contribution in [2.75, 3.05) is 18.1 Å². The molecule has 0 aliphatic heterocycles. The lowest BCUT2D eigenvalue weighted by Crippen LogP contribution is -2.16. The van der Waals surface area contributed by atoms with Gasteiger partial charge < -0.3 is 9.72 Å². The van der Waals surface area contributed by atoms with Crippen molar-refractivity contribution in [2.45, 2.75) is 46.0 Å². The van der Waals surface area contributed by atoms with E-state index < -0.39 is 10.0 Å². The Morgan fingerprint density at radius 1 is 1.06 bits per heavy atom. The zero-order valence-electron chi connectivity index (χ0n) is 20.1. The predicted molar refractivity (Wildman–Crippen MR) is 135 cm³/mol. The van der Waals surface area contributed by atoms with E-state index in [1.54, 1.807) is 19.4 Å². The number of benzene rings is 2. The zero-order valence-corrected chi connectivity index (χ0v) is 20.9. The first-order valence-corrected chi connectivity index (χ1v) is 12.7. The monoisotopic (exact) mass is 468 g/mol. The topological polar surface area (TPSA) is 88.3 Å². The second-order valence-electron chi connectivity index (χ2n) is 9.40. The average Bonchev–Trinajstić information content (AvgIpc) is 2.72. The Kier molecular flexibility index (Phi) is 7.03. The highest BCUT2D eigenvalue weighted by Gasteiger charge is 2.23. The molecule has 0 atom stereocenters. The third-order valence-corrected chi connectivity index (χ3v) is 6.17. The molecule has 0 aliphatic rings. The molecule has 176 valence electrons. The summed E-state index contributed by atoms with van der Waals surface area (Å²) in [7, 11) is -1.65. The lowest BCUT2D eigenvalue weighted by atomic mass is 9.82. The molecule has 3 rings (SSSR count). The summed E-state index contributed by atoms with van der Waals surface area (Å²) in [5.41, 5.74) is 5.80. The van der Waals surface area contributed by atoms with Crippen LogP contribution >= 0.6 is 0 Å². The molecule has 0 radical (unpaired) electrons. The van der Waals surface area contributed by atoms with Gasteiger partial charge in [-0.15, -0.1) is 0 Å². The van der Waals surface area contributed by atoms with Crippen molar-refractivity contribution in [1.29, 1.82) is 0 Å². The normalized spacial score (nSPS) is 11.9. The summed E-state index contributed by atoms with van der Waals surface area (Å²) in [6.07, 6.45) is 4.23. The summed E-state index contributed by atoms with van der Waals surface area (Å²) in [6, 6.07) is 13.5. The van der Waals surface area contributed by atoms with Gasteiger partial charge in [0.05, 0.1) is 19.1 Å². The van der Waals surface area contributed by atoms with Gasteiger partial charge in [0.15, 0.2) is 0 Å². The van der Waals surface area contributed by atoms with Gasteiger partial charge in [-0.2, -0.15) is 0 Å². The number of aromatic amines is 1. The summed E-state index contributed by atoms with van der Waals surface area (Å²) in [4.78, 5) is 15.2. The van der Waals surface area contributed by atoms with Crippen molar-refractivity contribution in [3.8, 4) is 16.9 Å². The maximum absolute atomic E-state index is 12.5. The second kappa shape index (κ2) is 9.43. The van der Waals surface area contributed by atoms with Crippen LogP contribution in [0.1, 0.15) is 43.0 Å². The van der Waals surface area contributed by atoms with Gasteiger partial charge in [0.1, 0.15) is 5.75 Å². The highest BCUT2D eigenvalue weighted by Crippen LogP contribution is 2.38. The van der Waals surface area contributed by atoms with Crippen LogP contribution in [-0.2, 0) is 28.3 Å². The van der Waals surface area contributed by atoms with Crippen LogP contribution in [0.25, 0.3) is 11.1 Å². The molecule has 3 aromatic rings. The summed E-state index contributed by atoms with van der Waals surface area (Å²) in [5.74, 6) is 0.839. The number of aromatic nitrogens is 1. The Balaban J connectivity index is 2.00. The number of H-pyrrole nitrogens is 1. The molecule has 0 spiro atoms. The van der Waals surface area contributed by atoms with Crippen LogP contribution in [0.15, 0.2) is 53.5 Å². The maximum atomic E-state index is 12.5. The number of nitrogens with one attached hydrogen (secondary N) is 2. The molecule has 2 aromatic carbocycles. The zero-order chi connectivity index (χ0) is 24.4. The fraction of sp³-hybridized carbons (Fsp3) is 0.346. The molecule has 6 nitrogen and oxygen atoms in total. The van der Waals surface area contributed by atoms with Crippen molar-refractivity contribution in [3.05, 3.63) is 81.3 Å². The van der Waals surface area contributed by atoms with Crippen LogP contribution in [-0.4, -0.2) is 26.8 Å². The van der Waals surface area contributed by atoms with Crippen molar-refractivity contribution in [2.24, 2.45) is 0 Å². The molecule has 0 saturated carbocycles. The lowest BCUT2D eigenvalue weighted by molar-refractivity contribution is 0.392. The van der Waals surface area contributed by atoms with Gasteiger partial charge in [0, 0.05) is 17.3 Å². The molecule has 0 aliphatic carbocycles. The molecule has 1 heterocycles. The molecule has 0 fully saturated rings. The number of methoxy groups -OCH3 is 1. The van der Waals surface area contributed by atoms with Crippen LogP contribution in [0.5, 0.6) is 5.75 Å². The molecule has 1 aromatic heterocycles. The SMILES string of the molecule is COc1c(CCc2ccc(NS(C)(=O)=O)c(C)c2)cc(-c2ccc[nH]c2=O)cc1C(C)(C)C. The standard InChI is InChI=1S/C26H32N2O4S/c1-17-14-18(10-12-23(17)28-33(6,30)31)9-11-19-15-20(21-8-7-13-27-25(21)29)16-22(24(19)32-5)26(2,3)4/h7-8,10,12-16,28H,9,11H2,1-6H3,(H,27,29). The van der Waals surface area contributed by atoms with E-state index in [9.17, 15) is 13.2 Å². The average molecular weight is 469 g/mol. The minimum Gasteiger partial charge on any atom is -0.496 e. The van der Waals surface area contributed by atoms with Gasteiger partial charge in [-0.25, -0.2) is 8.42 Å². The largest absolute Gasteiger partial charge is 0.496 e. The van der Waals surface area contributed by atoms with Gasteiger partial charge in [-0.1, -0.05) is 32.9 Å². The molecule has 33 heavy (non-hydrogen) atoms. The fourth-order valence-electron chi connectivity index (χ4n) is 3.95. The number of hydrogen-bond donors (Lipinski definition) is 2. The fourth-order valence-corrected chi connectivity index (χ4v) is 4.58. The number of ether oxygens (including phenoxy) is 1. The van der Waals surface area contributed by atoms with Crippen LogP contribution in [0.2, 0.25) is 0 Å². The Labute approximate surface area is 196 Å². The Bertz CT molecular complexity index is 1320. The van der Waals surface area contributed by atoms with E-state index in [0.29, 0.717) is 17.7 Å². The maximum Gasteiger partial charge on any atom is 0.255 e. The Hall–Kier alpha value is -3.06. The summed E-state index contributed by atoms with van der Waals surface area (Å²) in [5, 5.41) is 0. The molecule has 0 bridgehead atoms. The highest BCUT2D eigenvalue weighted by molar-refractivity contribution is 7.92. The van der Waals surface area contributed by atoms with Crippen LogP contribution in [0.3, 0.4) is 0 Å². The molecule has 0 saturated heterocycles. The first-order valence-electron chi connectivity index (χ1n) is 10.9. The Morgan fingerprint density at radius 2 is 1.79 bits per heavy atom. The summed E-state index contributed by atoms with van der Waals surface area (Å²) >= 11 is 0. The number of hydrogen-bond acceptors (Lipinski definition) is 4. The molecular weight excluding hydrogens is 436 g/mol. The Morgan fingerprint density at radius 3 is 2.36 bits per heavy atom. The first kappa shape index (κ1) is 24.6. The summed E-state index contributed by atoms with van der Waals surface area (Å²) < 4.78 is 31.5. The third-order valence-electron chi connectivity index (χ3n) is 5.58. The van der Waals surface area contributed by atoms with E-state index in [-0.39, 0.29) is 11.0 Å². The van der Waals surface area contributed by atoms with E-state index in [2.05, 4.69) is 30.5 Å². The van der Waals surface area contributed by atoms with Crippen molar-refractivity contribution in [1.82, 2.24) is 4.98 Å². The first-order chi connectivity index (χ1) is 15.4. The van der Waals surface area contributed by atoms with Crippen molar-refractivity contribution in [3.63, 3.8) is 0 Å². The molecule has 0 amide bonds. The van der Waals surface area contributed by atoms with Crippen molar-refractivity contribution >= 4 is 15.7 Å². The van der Waals surface area contributed by atoms with Gasteiger partial charge >= 0.3 is 0 Å². The number of pyridine rings is 1. The second-order valence-corrected chi connectivity index (χ2v) is 11.2. The van der Waals surface area contributed by atoms with Crippen LogP contribution in [0, 0.1) is 6.92 Å². The number of rotatable bonds is 7. The minimum atomic E-state index is -3.32. The van der Waals surface area contributed by atoms with E-state index in [1.807, 2.05) is 43.3 Å². The van der Waals surface area contributed by atoms with E-state index >= 15 is 0 Å². The van der Waals surface area contributed by atoms with E-state index in [4.69, 9.17) is 4.74 Å². The quantitative estimate of drug-likeness (QED) is 0.521. The third kappa shape index (κ3) is 6.05. The van der Waals surface area contributed by atoms with Crippen LogP contribution in [0.4, 0.5) is 5.69 Å². The van der Waals surface area contributed by atoms with Crippen LogP contribution < -0.4 is 15.0 Å². The molecular formula is C26H32N2O4S. The predicted octanol–water partition coefficient (Wildman–Crippen LogP) is 4.81.